The molecule has 74 valence electrons. The monoisotopic (exact) mass is 209 g/mol. The Balaban J connectivity index is 2.05. The van der Waals surface area contributed by atoms with Crippen molar-refractivity contribution in [3.8, 4) is 0 Å². The summed E-state index contributed by atoms with van der Waals surface area (Å²) in [5.41, 5.74) is 0.944. The molecule has 1 heterocycles. The fraction of sp³-hybridized carbons (Fsp3) is 0.200. The van der Waals surface area contributed by atoms with Gasteiger partial charge in [-0.1, -0.05) is 24.3 Å². The van der Waals surface area contributed by atoms with Gasteiger partial charge in [0.1, 0.15) is 0 Å². The molecular weight excluding hydrogens is 198 g/mol. The lowest BCUT2D eigenvalue weighted by atomic mass is 10.2. The average Bonchev–Trinajstić information content (AvgIpc) is 2.47. The van der Waals surface area contributed by atoms with Crippen LogP contribution in [0.4, 0.5) is 5.69 Å². The third kappa shape index (κ3) is 2.14. The minimum atomic E-state index is -2.96. The van der Waals surface area contributed by atoms with Crippen molar-refractivity contribution in [3.05, 3.63) is 41.8 Å². The maximum absolute atomic E-state index is 11.1. The molecule has 1 unspecified atom stereocenters. The third-order valence-electron chi connectivity index (χ3n) is 2.06. The second kappa shape index (κ2) is 3.46. The first-order valence-electron chi connectivity index (χ1n) is 4.38. The van der Waals surface area contributed by atoms with Crippen LogP contribution in [0.25, 0.3) is 0 Å². The molecule has 3 nitrogen and oxygen atoms in total. The zero-order chi connectivity index (χ0) is 10.0. The van der Waals surface area contributed by atoms with Gasteiger partial charge in [-0.2, -0.15) is 0 Å². The van der Waals surface area contributed by atoms with Gasteiger partial charge in [0, 0.05) is 11.1 Å². The first-order valence-corrected chi connectivity index (χ1v) is 6.10. The first kappa shape index (κ1) is 9.27. The Morgan fingerprint density at radius 2 is 1.93 bits per heavy atom. The number of para-hydroxylation sites is 1. The molecule has 0 saturated carbocycles. The topological polar surface area (TPSA) is 46.2 Å². The quantitative estimate of drug-likeness (QED) is 0.801. The zero-order valence-corrected chi connectivity index (χ0v) is 8.37. The Hall–Kier alpha value is -1.29. The van der Waals surface area contributed by atoms with Gasteiger partial charge in [-0.05, 0) is 12.1 Å². The van der Waals surface area contributed by atoms with Gasteiger partial charge in [-0.3, -0.25) is 0 Å². The highest BCUT2D eigenvalue weighted by molar-refractivity contribution is 7.94. The molecule has 14 heavy (non-hydrogen) atoms. The zero-order valence-electron chi connectivity index (χ0n) is 7.55. The molecule has 2 rings (SSSR count). The van der Waals surface area contributed by atoms with Gasteiger partial charge in [0.25, 0.3) is 0 Å². The fourth-order valence-corrected chi connectivity index (χ4v) is 2.65. The van der Waals surface area contributed by atoms with Crippen LogP contribution in [0.3, 0.4) is 0 Å². The molecule has 0 aliphatic carbocycles. The molecule has 1 atom stereocenters. The van der Waals surface area contributed by atoms with E-state index in [0.717, 1.165) is 5.69 Å². The molecule has 1 N–H and O–H groups in total. The normalized spacial score (nSPS) is 23.6. The van der Waals surface area contributed by atoms with Crippen LogP contribution in [0, 0.1) is 0 Å². The summed E-state index contributed by atoms with van der Waals surface area (Å²) in [6.45, 7) is 0. The number of sulfone groups is 1. The van der Waals surface area contributed by atoms with Crippen LogP contribution in [0.2, 0.25) is 0 Å². The smallest absolute Gasteiger partial charge is 0.173 e. The minimum absolute atomic E-state index is 0.0950. The van der Waals surface area contributed by atoms with Gasteiger partial charge in [0.2, 0.25) is 0 Å². The van der Waals surface area contributed by atoms with Crippen LogP contribution in [0.15, 0.2) is 41.8 Å². The van der Waals surface area contributed by atoms with Crippen molar-refractivity contribution in [2.45, 2.75) is 6.04 Å². The van der Waals surface area contributed by atoms with E-state index in [2.05, 4.69) is 5.32 Å². The van der Waals surface area contributed by atoms with E-state index in [9.17, 15) is 8.42 Å². The van der Waals surface area contributed by atoms with E-state index in [0.29, 0.717) is 0 Å². The van der Waals surface area contributed by atoms with Gasteiger partial charge in [-0.25, -0.2) is 8.42 Å². The molecule has 0 bridgehead atoms. The highest BCUT2D eigenvalue weighted by atomic mass is 32.2. The lowest BCUT2D eigenvalue weighted by Gasteiger charge is -2.10. The predicted molar refractivity (Wildman–Crippen MR) is 56.8 cm³/mol. The highest BCUT2D eigenvalue weighted by Crippen LogP contribution is 2.14. The summed E-state index contributed by atoms with van der Waals surface area (Å²) in [4.78, 5) is 0. The maximum Gasteiger partial charge on any atom is 0.173 e. The highest BCUT2D eigenvalue weighted by Gasteiger charge is 2.20. The van der Waals surface area contributed by atoms with Crippen molar-refractivity contribution in [1.82, 2.24) is 0 Å². The van der Waals surface area contributed by atoms with Crippen LogP contribution in [0.5, 0.6) is 0 Å². The van der Waals surface area contributed by atoms with E-state index >= 15 is 0 Å². The molecule has 0 saturated heterocycles. The van der Waals surface area contributed by atoms with Crippen molar-refractivity contribution < 1.29 is 8.42 Å². The number of nitrogens with one attached hydrogen (secondary N) is 1. The SMILES string of the molecule is O=S1(=O)C=CC(Nc2ccccc2)C1. The molecule has 0 aromatic heterocycles. The number of hydrogen-bond acceptors (Lipinski definition) is 3. The van der Waals surface area contributed by atoms with Crippen LogP contribution >= 0.6 is 0 Å². The fourth-order valence-electron chi connectivity index (χ4n) is 1.41. The number of hydrogen-bond donors (Lipinski definition) is 1. The van der Waals surface area contributed by atoms with Crippen molar-refractivity contribution in [2.75, 3.05) is 11.1 Å². The molecule has 0 fully saturated rings. The third-order valence-corrected chi connectivity index (χ3v) is 3.45. The number of rotatable bonds is 2. The summed E-state index contributed by atoms with van der Waals surface area (Å²) < 4.78 is 22.2. The van der Waals surface area contributed by atoms with Crippen molar-refractivity contribution in [2.24, 2.45) is 0 Å². The first-order chi connectivity index (χ1) is 6.66. The Kier molecular flexibility index (Phi) is 2.29. The molecule has 0 radical (unpaired) electrons. The Labute approximate surface area is 83.4 Å². The van der Waals surface area contributed by atoms with Gasteiger partial charge in [-0.15, -0.1) is 0 Å². The summed E-state index contributed by atoms with van der Waals surface area (Å²) in [5.74, 6) is 0.155. The summed E-state index contributed by atoms with van der Waals surface area (Å²) in [5, 5.41) is 4.40. The Bertz CT molecular complexity index is 436. The van der Waals surface area contributed by atoms with Gasteiger partial charge < -0.3 is 5.32 Å². The molecular formula is C10H11NO2S. The minimum Gasteiger partial charge on any atom is -0.378 e. The van der Waals surface area contributed by atoms with Crippen molar-refractivity contribution >= 4 is 15.5 Å². The van der Waals surface area contributed by atoms with Gasteiger partial charge in [0.15, 0.2) is 9.84 Å². The molecule has 0 amide bonds. The van der Waals surface area contributed by atoms with E-state index in [4.69, 9.17) is 0 Å². The lowest BCUT2D eigenvalue weighted by molar-refractivity contribution is 0.605. The van der Waals surface area contributed by atoms with Crippen molar-refractivity contribution in [3.63, 3.8) is 0 Å². The maximum atomic E-state index is 11.1. The molecule has 1 aromatic carbocycles. The molecule has 4 heteroatoms. The van der Waals surface area contributed by atoms with Gasteiger partial charge in [0.05, 0.1) is 11.8 Å². The molecule has 1 aromatic rings. The average molecular weight is 209 g/mol. The van der Waals surface area contributed by atoms with Crippen LogP contribution < -0.4 is 5.32 Å². The van der Waals surface area contributed by atoms with Crippen molar-refractivity contribution in [1.29, 1.82) is 0 Å². The molecule has 1 aliphatic rings. The van der Waals surface area contributed by atoms with Crippen LogP contribution in [-0.4, -0.2) is 20.2 Å². The van der Waals surface area contributed by atoms with E-state index in [1.165, 1.54) is 5.41 Å². The Morgan fingerprint density at radius 3 is 2.50 bits per heavy atom. The van der Waals surface area contributed by atoms with E-state index in [1.807, 2.05) is 30.3 Å². The summed E-state index contributed by atoms with van der Waals surface area (Å²) in [6, 6.07) is 9.48. The van der Waals surface area contributed by atoms with E-state index in [1.54, 1.807) is 6.08 Å². The van der Waals surface area contributed by atoms with E-state index in [-0.39, 0.29) is 11.8 Å². The second-order valence-electron chi connectivity index (χ2n) is 3.27. The van der Waals surface area contributed by atoms with E-state index < -0.39 is 9.84 Å². The molecule has 0 spiro atoms. The second-order valence-corrected chi connectivity index (χ2v) is 5.21. The summed E-state index contributed by atoms with van der Waals surface area (Å²) in [7, 11) is -2.96. The van der Waals surface area contributed by atoms with Gasteiger partial charge >= 0.3 is 0 Å². The predicted octanol–water partition coefficient (Wildman–Crippen LogP) is 1.41. The number of benzene rings is 1. The Morgan fingerprint density at radius 1 is 1.21 bits per heavy atom. The largest absolute Gasteiger partial charge is 0.378 e. The molecule has 1 aliphatic heterocycles. The standard InChI is InChI=1S/C10H11NO2S/c12-14(13)7-6-10(8-14)11-9-4-2-1-3-5-9/h1-7,10-11H,8H2. The summed E-state index contributed by atoms with van der Waals surface area (Å²) in [6.07, 6.45) is 1.68. The van der Waals surface area contributed by atoms with Crippen LogP contribution in [-0.2, 0) is 9.84 Å². The lowest BCUT2D eigenvalue weighted by Crippen LogP contribution is -2.20. The summed E-state index contributed by atoms with van der Waals surface area (Å²) >= 11 is 0. The number of anilines is 1. The van der Waals surface area contributed by atoms with Crippen LogP contribution in [0.1, 0.15) is 0 Å².